The lowest BCUT2D eigenvalue weighted by Crippen LogP contribution is -2.46. The summed E-state index contributed by atoms with van der Waals surface area (Å²) in [7, 11) is 0. The number of benzene rings is 1. The zero-order chi connectivity index (χ0) is 18.3. The van der Waals surface area contributed by atoms with Crippen molar-refractivity contribution >= 4 is 5.97 Å². The molecule has 8 heteroatoms. The Morgan fingerprint density at radius 2 is 1.84 bits per heavy atom. The van der Waals surface area contributed by atoms with E-state index < -0.39 is 18.8 Å². The average Bonchev–Trinajstić information content (AvgIpc) is 2.55. The number of hydrogen-bond acceptors (Lipinski definition) is 4. The van der Waals surface area contributed by atoms with E-state index >= 15 is 0 Å². The Balaban J connectivity index is 1.64. The molecule has 0 bridgehead atoms. The van der Waals surface area contributed by atoms with Gasteiger partial charge in [0.15, 0.2) is 0 Å². The fourth-order valence-corrected chi connectivity index (χ4v) is 2.81. The number of nitrogens with zero attached hydrogens (tertiary/aromatic N) is 2. The molecule has 1 aromatic rings. The average molecular weight is 360 g/mol. The van der Waals surface area contributed by atoms with Gasteiger partial charge in [-0.15, -0.1) is 0 Å². The first-order valence-electron chi connectivity index (χ1n) is 8.25. The van der Waals surface area contributed by atoms with E-state index in [1.165, 1.54) is 0 Å². The van der Waals surface area contributed by atoms with Gasteiger partial charge in [-0.2, -0.15) is 13.2 Å². The number of rotatable bonds is 8. The number of piperazine rings is 1. The van der Waals surface area contributed by atoms with Crippen LogP contribution in [-0.4, -0.2) is 73.0 Å². The van der Waals surface area contributed by atoms with E-state index in [1.54, 1.807) is 18.2 Å². The zero-order valence-corrected chi connectivity index (χ0v) is 14.0. The summed E-state index contributed by atoms with van der Waals surface area (Å²) < 4.78 is 40.5. The maximum atomic E-state index is 12.0. The summed E-state index contributed by atoms with van der Waals surface area (Å²) in [4.78, 5) is 15.5. The van der Waals surface area contributed by atoms with Gasteiger partial charge in [0, 0.05) is 45.9 Å². The maximum absolute atomic E-state index is 12.0. The Morgan fingerprint density at radius 3 is 2.48 bits per heavy atom. The van der Waals surface area contributed by atoms with Crippen LogP contribution in [0.5, 0.6) is 0 Å². The van der Waals surface area contributed by atoms with Gasteiger partial charge in [-0.3, -0.25) is 4.90 Å². The van der Waals surface area contributed by atoms with Crippen LogP contribution < -0.4 is 0 Å². The number of carboxylic acid groups (broad SMARTS) is 1. The van der Waals surface area contributed by atoms with Crippen LogP contribution in [0, 0.1) is 0 Å². The van der Waals surface area contributed by atoms with E-state index in [1.807, 2.05) is 6.07 Å². The number of halogens is 3. The summed E-state index contributed by atoms with van der Waals surface area (Å²) >= 11 is 0. The lowest BCUT2D eigenvalue weighted by Gasteiger charge is -2.34. The van der Waals surface area contributed by atoms with Gasteiger partial charge < -0.3 is 14.7 Å². The van der Waals surface area contributed by atoms with Crippen LogP contribution in [0.2, 0.25) is 0 Å². The van der Waals surface area contributed by atoms with E-state index in [0.717, 1.165) is 38.3 Å². The van der Waals surface area contributed by atoms with Crippen molar-refractivity contribution in [2.24, 2.45) is 0 Å². The highest BCUT2D eigenvalue weighted by atomic mass is 19.4. The molecule has 0 unspecified atom stereocenters. The summed E-state index contributed by atoms with van der Waals surface area (Å²) in [6.45, 7) is 3.74. The summed E-state index contributed by atoms with van der Waals surface area (Å²) in [6, 6.07) is 6.92. The zero-order valence-electron chi connectivity index (χ0n) is 14.0. The van der Waals surface area contributed by atoms with Crippen molar-refractivity contribution in [2.75, 3.05) is 45.9 Å². The van der Waals surface area contributed by atoms with Crippen LogP contribution in [0.4, 0.5) is 13.2 Å². The molecule has 1 heterocycles. The lowest BCUT2D eigenvalue weighted by molar-refractivity contribution is -0.174. The standard InChI is InChI=1S/C17H23F3N2O3/c18-17(19,20)13-25-10-2-5-21-6-8-22(9-7-21)12-14-3-1-4-15(11-14)16(23)24/h1,3-4,11H,2,5-10,12-13H2,(H,23,24). The van der Waals surface area contributed by atoms with Crippen LogP contribution >= 0.6 is 0 Å². The highest BCUT2D eigenvalue weighted by molar-refractivity contribution is 5.87. The second-order valence-electron chi connectivity index (χ2n) is 6.14. The van der Waals surface area contributed by atoms with Crippen molar-refractivity contribution in [2.45, 2.75) is 19.1 Å². The van der Waals surface area contributed by atoms with Crippen LogP contribution in [0.1, 0.15) is 22.3 Å². The first-order valence-corrected chi connectivity index (χ1v) is 8.25. The molecule has 0 spiro atoms. The van der Waals surface area contributed by atoms with E-state index in [9.17, 15) is 18.0 Å². The summed E-state index contributed by atoms with van der Waals surface area (Å²) in [6.07, 6.45) is -3.68. The SMILES string of the molecule is O=C(O)c1cccc(CN2CCN(CCCOCC(F)(F)F)CC2)c1. The number of carboxylic acids is 1. The summed E-state index contributed by atoms with van der Waals surface area (Å²) in [5.41, 5.74) is 1.25. The molecule has 0 radical (unpaired) electrons. The van der Waals surface area contributed by atoms with Gasteiger partial charge in [-0.25, -0.2) is 4.79 Å². The van der Waals surface area contributed by atoms with E-state index in [2.05, 4.69) is 14.5 Å². The third-order valence-corrected chi connectivity index (χ3v) is 4.07. The van der Waals surface area contributed by atoms with Crippen molar-refractivity contribution in [1.29, 1.82) is 0 Å². The third-order valence-electron chi connectivity index (χ3n) is 4.07. The number of ether oxygens (including phenoxy) is 1. The molecule has 1 aliphatic rings. The molecular formula is C17H23F3N2O3. The summed E-state index contributed by atoms with van der Waals surface area (Å²) in [5.74, 6) is -0.931. The fraction of sp³-hybridized carbons (Fsp3) is 0.588. The number of carbonyl (C=O) groups is 1. The van der Waals surface area contributed by atoms with Crippen molar-refractivity contribution in [1.82, 2.24) is 9.80 Å². The molecule has 5 nitrogen and oxygen atoms in total. The minimum absolute atomic E-state index is 0.113. The molecule has 0 aromatic heterocycles. The quantitative estimate of drug-likeness (QED) is 0.722. The molecule has 0 saturated carbocycles. The highest BCUT2D eigenvalue weighted by Crippen LogP contribution is 2.15. The van der Waals surface area contributed by atoms with E-state index in [0.29, 0.717) is 13.0 Å². The molecule has 0 aliphatic carbocycles. The largest absolute Gasteiger partial charge is 0.478 e. The normalized spacial score (nSPS) is 16.9. The maximum Gasteiger partial charge on any atom is 0.411 e. The molecule has 1 N–H and O–H groups in total. The molecule has 0 amide bonds. The van der Waals surface area contributed by atoms with Crippen molar-refractivity contribution in [3.8, 4) is 0 Å². The molecule has 1 aliphatic heterocycles. The molecule has 1 aromatic carbocycles. The number of aromatic carboxylic acids is 1. The second kappa shape index (κ2) is 9.17. The second-order valence-corrected chi connectivity index (χ2v) is 6.14. The van der Waals surface area contributed by atoms with Gasteiger partial charge in [0.2, 0.25) is 0 Å². The predicted molar refractivity (Wildman–Crippen MR) is 86.6 cm³/mol. The Labute approximate surface area is 145 Å². The Morgan fingerprint density at radius 1 is 1.16 bits per heavy atom. The first-order chi connectivity index (χ1) is 11.8. The number of alkyl halides is 3. The van der Waals surface area contributed by atoms with Crippen LogP contribution in [-0.2, 0) is 11.3 Å². The topological polar surface area (TPSA) is 53.0 Å². The predicted octanol–water partition coefficient (Wildman–Crippen LogP) is 2.47. The van der Waals surface area contributed by atoms with Crippen LogP contribution in [0.15, 0.2) is 24.3 Å². The van der Waals surface area contributed by atoms with Crippen LogP contribution in [0.3, 0.4) is 0 Å². The van der Waals surface area contributed by atoms with E-state index in [-0.39, 0.29) is 12.2 Å². The molecule has 1 saturated heterocycles. The minimum atomic E-state index is -4.26. The minimum Gasteiger partial charge on any atom is -0.478 e. The smallest absolute Gasteiger partial charge is 0.411 e. The summed E-state index contributed by atoms with van der Waals surface area (Å²) in [5, 5.41) is 9.02. The van der Waals surface area contributed by atoms with Crippen LogP contribution in [0.25, 0.3) is 0 Å². The monoisotopic (exact) mass is 360 g/mol. The van der Waals surface area contributed by atoms with Gasteiger partial charge in [-0.05, 0) is 24.1 Å². The van der Waals surface area contributed by atoms with Gasteiger partial charge in [-0.1, -0.05) is 12.1 Å². The van der Waals surface area contributed by atoms with Crippen molar-refractivity contribution in [3.05, 3.63) is 35.4 Å². The van der Waals surface area contributed by atoms with Gasteiger partial charge in [0.25, 0.3) is 0 Å². The number of hydrogen-bond donors (Lipinski definition) is 1. The van der Waals surface area contributed by atoms with Crippen molar-refractivity contribution in [3.63, 3.8) is 0 Å². The molecule has 140 valence electrons. The molecule has 1 fully saturated rings. The molecule has 25 heavy (non-hydrogen) atoms. The Bertz CT molecular complexity index is 558. The van der Waals surface area contributed by atoms with Gasteiger partial charge in [0.1, 0.15) is 6.61 Å². The van der Waals surface area contributed by atoms with E-state index in [4.69, 9.17) is 5.11 Å². The third kappa shape index (κ3) is 7.41. The highest BCUT2D eigenvalue weighted by Gasteiger charge is 2.27. The Kier molecular flexibility index (Phi) is 7.22. The first kappa shape index (κ1) is 19.7. The molecule has 2 rings (SSSR count). The molecule has 0 atom stereocenters. The van der Waals surface area contributed by atoms with Gasteiger partial charge in [0.05, 0.1) is 5.56 Å². The van der Waals surface area contributed by atoms with Crippen molar-refractivity contribution < 1.29 is 27.8 Å². The fourth-order valence-electron chi connectivity index (χ4n) is 2.81. The van der Waals surface area contributed by atoms with Gasteiger partial charge >= 0.3 is 12.1 Å². The Hall–Kier alpha value is -1.64. The lowest BCUT2D eigenvalue weighted by atomic mass is 10.1. The molecular weight excluding hydrogens is 337 g/mol.